The van der Waals surface area contributed by atoms with E-state index in [-0.39, 0.29) is 12.5 Å². The summed E-state index contributed by atoms with van der Waals surface area (Å²) in [6.07, 6.45) is 30.4. The van der Waals surface area contributed by atoms with E-state index in [1.807, 2.05) is 0 Å². The third kappa shape index (κ3) is 24.6. The molecule has 1 amide bonds. The molecular weight excluding hydrogens is 646 g/mol. The minimum Gasteiger partial charge on any atom is -0.394 e. The standard InChI is InChI=1S/C42H79NO8/c1-3-5-7-9-11-13-14-15-16-17-18-19-20-21-22-24-26-28-30-32-38(46)43-35(36(45)31-29-27-25-23-12-10-8-6-4-2)34-50-42-41(49)40(48)39(47)37(33-44)51-42/h11,13-15,35-37,39-42,44-45,47-49H,3-10,12,16-34H2,1-2H3,(H,43,46)/b13-11-,15-14-. The molecule has 1 aliphatic heterocycles. The Balaban J connectivity index is 2.31. The molecule has 9 heteroatoms. The molecule has 51 heavy (non-hydrogen) atoms. The van der Waals surface area contributed by atoms with Gasteiger partial charge in [0.05, 0.1) is 25.4 Å². The van der Waals surface area contributed by atoms with Crippen LogP contribution in [0.25, 0.3) is 0 Å². The molecule has 1 aliphatic rings. The number of carbonyl (C=O) groups is 1. The first-order valence-corrected chi connectivity index (χ1v) is 21.1. The minimum absolute atomic E-state index is 0.139. The second kappa shape index (κ2) is 33.3. The Hall–Kier alpha value is -1.33. The molecule has 0 aromatic carbocycles. The van der Waals surface area contributed by atoms with E-state index in [0.29, 0.717) is 12.8 Å². The Morgan fingerprint density at radius 2 is 1.14 bits per heavy atom. The largest absolute Gasteiger partial charge is 0.394 e. The Kier molecular flexibility index (Phi) is 31.1. The van der Waals surface area contributed by atoms with Crippen molar-refractivity contribution in [2.24, 2.45) is 0 Å². The van der Waals surface area contributed by atoms with Crippen molar-refractivity contribution in [3.63, 3.8) is 0 Å². The van der Waals surface area contributed by atoms with Crippen LogP contribution in [0.1, 0.15) is 181 Å². The lowest BCUT2D eigenvalue weighted by Gasteiger charge is -2.40. The summed E-state index contributed by atoms with van der Waals surface area (Å²) < 4.78 is 11.2. The van der Waals surface area contributed by atoms with Crippen LogP contribution in [0.3, 0.4) is 0 Å². The van der Waals surface area contributed by atoms with E-state index in [1.54, 1.807) is 0 Å². The average molecular weight is 726 g/mol. The molecule has 1 rings (SSSR count). The molecular formula is C42H79NO8. The first kappa shape index (κ1) is 47.7. The highest BCUT2D eigenvalue weighted by atomic mass is 16.7. The maximum Gasteiger partial charge on any atom is 0.220 e. The lowest BCUT2D eigenvalue weighted by molar-refractivity contribution is -0.302. The van der Waals surface area contributed by atoms with Crippen molar-refractivity contribution in [2.75, 3.05) is 13.2 Å². The second-order valence-corrected chi connectivity index (χ2v) is 14.8. The lowest BCUT2D eigenvalue weighted by Crippen LogP contribution is -2.60. The van der Waals surface area contributed by atoms with Crippen molar-refractivity contribution in [1.82, 2.24) is 5.32 Å². The molecule has 1 saturated heterocycles. The predicted octanol–water partition coefficient (Wildman–Crippen LogP) is 7.94. The fraction of sp³-hybridized carbons (Fsp3) is 0.881. The van der Waals surface area contributed by atoms with Crippen LogP contribution in [0.2, 0.25) is 0 Å². The Morgan fingerprint density at radius 3 is 1.69 bits per heavy atom. The monoisotopic (exact) mass is 726 g/mol. The molecule has 0 bridgehead atoms. The maximum atomic E-state index is 12.9. The fourth-order valence-electron chi connectivity index (χ4n) is 6.62. The van der Waals surface area contributed by atoms with Crippen LogP contribution in [0.15, 0.2) is 24.3 Å². The number of unbranched alkanes of at least 4 members (excludes halogenated alkanes) is 21. The quantitative estimate of drug-likeness (QED) is 0.0289. The van der Waals surface area contributed by atoms with E-state index in [2.05, 4.69) is 43.5 Å². The predicted molar refractivity (Wildman–Crippen MR) is 207 cm³/mol. The molecule has 0 spiro atoms. The van der Waals surface area contributed by atoms with E-state index in [1.165, 1.54) is 109 Å². The smallest absolute Gasteiger partial charge is 0.220 e. The Morgan fingerprint density at radius 1 is 0.667 bits per heavy atom. The van der Waals surface area contributed by atoms with Crippen molar-refractivity contribution in [2.45, 2.75) is 224 Å². The van der Waals surface area contributed by atoms with Crippen LogP contribution >= 0.6 is 0 Å². The molecule has 7 atom stereocenters. The van der Waals surface area contributed by atoms with Gasteiger partial charge in [0.15, 0.2) is 6.29 Å². The van der Waals surface area contributed by atoms with Gasteiger partial charge >= 0.3 is 0 Å². The van der Waals surface area contributed by atoms with Crippen LogP contribution in [0.4, 0.5) is 0 Å². The number of amides is 1. The van der Waals surface area contributed by atoms with Gasteiger partial charge in [0.25, 0.3) is 0 Å². The van der Waals surface area contributed by atoms with Crippen molar-refractivity contribution in [3.8, 4) is 0 Å². The molecule has 0 aromatic heterocycles. The number of allylic oxidation sites excluding steroid dienone is 4. The average Bonchev–Trinajstić information content (AvgIpc) is 3.13. The molecule has 1 heterocycles. The summed E-state index contributed by atoms with van der Waals surface area (Å²) in [6.45, 7) is 3.76. The molecule has 9 nitrogen and oxygen atoms in total. The molecule has 0 aliphatic carbocycles. The van der Waals surface area contributed by atoms with Crippen molar-refractivity contribution < 1.29 is 39.8 Å². The van der Waals surface area contributed by atoms with Gasteiger partial charge in [-0.25, -0.2) is 0 Å². The highest BCUT2D eigenvalue weighted by Gasteiger charge is 2.44. The maximum absolute atomic E-state index is 12.9. The van der Waals surface area contributed by atoms with Crippen LogP contribution in [-0.2, 0) is 14.3 Å². The number of hydrogen-bond acceptors (Lipinski definition) is 8. The number of carbonyl (C=O) groups excluding carboxylic acids is 1. The number of aliphatic hydroxyl groups excluding tert-OH is 5. The van der Waals surface area contributed by atoms with Crippen molar-refractivity contribution >= 4 is 5.91 Å². The van der Waals surface area contributed by atoms with Crippen LogP contribution in [0, 0.1) is 0 Å². The van der Waals surface area contributed by atoms with Gasteiger partial charge in [-0.2, -0.15) is 0 Å². The van der Waals surface area contributed by atoms with Gasteiger partial charge in [-0.05, 0) is 38.5 Å². The summed E-state index contributed by atoms with van der Waals surface area (Å²) in [7, 11) is 0. The molecule has 300 valence electrons. The van der Waals surface area contributed by atoms with Gasteiger partial charge < -0.3 is 40.3 Å². The molecule has 0 saturated carbocycles. The van der Waals surface area contributed by atoms with E-state index in [4.69, 9.17) is 9.47 Å². The first-order valence-electron chi connectivity index (χ1n) is 21.1. The van der Waals surface area contributed by atoms with Gasteiger partial charge in [0, 0.05) is 6.42 Å². The van der Waals surface area contributed by atoms with Crippen LogP contribution in [0.5, 0.6) is 0 Å². The van der Waals surface area contributed by atoms with Gasteiger partial charge in [0.2, 0.25) is 5.91 Å². The molecule has 1 fully saturated rings. The number of ether oxygens (including phenoxy) is 2. The third-order valence-corrected chi connectivity index (χ3v) is 10.1. The van der Waals surface area contributed by atoms with E-state index in [0.717, 1.165) is 44.9 Å². The zero-order valence-electron chi connectivity index (χ0n) is 32.6. The van der Waals surface area contributed by atoms with E-state index in [9.17, 15) is 30.3 Å². The number of hydrogen-bond donors (Lipinski definition) is 6. The fourth-order valence-corrected chi connectivity index (χ4v) is 6.62. The summed E-state index contributed by atoms with van der Waals surface area (Å²) in [5.41, 5.74) is 0. The van der Waals surface area contributed by atoms with Gasteiger partial charge in [0.1, 0.15) is 24.4 Å². The minimum atomic E-state index is -1.55. The van der Waals surface area contributed by atoms with Crippen LogP contribution < -0.4 is 5.32 Å². The number of rotatable bonds is 34. The zero-order chi connectivity index (χ0) is 37.4. The summed E-state index contributed by atoms with van der Waals surface area (Å²) in [6, 6.07) is -0.716. The van der Waals surface area contributed by atoms with Crippen molar-refractivity contribution in [1.29, 1.82) is 0 Å². The summed E-state index contributed by atoms with van der Waals surface area (Å²) in [4.78, 5) is 12.9. The third-order valence-electron chi connectivity index (χ3n) is 10.1. The van der Waals surface area contributed by atoms with Crippen LogP contribution in [-0.4, -0.2) is 87.5 Å². The topological polar surface area (TPSA) is 149 Å². The number of nitrogens with one attached hydrogen (secondary N) is 1. The Labute approximate surface area is 311 Å². The zero-order valence-corrected chi connectivity index (χ0v) is 32.6. The SMILES string of the molecule is CCCCC/C=C\C=C/CCCCCCCCCCCCC(=O)NC(COC1OC(CO)C(O)C(O)C1O)C(O)CCCCCCCCCCC. The number of aliphatic hydroxyl groups is 5. The highest BCUT2D eigenvalue weighted by molar-refractivity contribution is 5.76. The molecule has 6 N–H and O–H groups in total. The summed E-state index contributed by atoms with van der Waals surface area (Å²) in [5, 5.41) is 54.1. The Bertz CT molecular complexity index is 853. The van der Waals surface area contributed by atoms with Gasteiger partial charge in [-0.15, -0.1) is 0 Å². The first-order chi connectivity index (χ1) is 24.8. The summed E-state index contributed by atoms with van der Waals surface area (Å²) in [5.74, 6) is -0.152. The van der Waals surface area contributed by atoms with E-state index < -0.39 is 49.5 Å². The summed E-state index contributed by atoms with van der Waals surface area (Å²) >= 11 is 0. The molecule has 0 radical (unpaired) electrons. The van der Waals surface area contributed by atoms with Crippen molar-refractivity contribution in [3.05, 3.63) is 24.3 Å². The lowest BCUT2D eigenvalue weighted by atomic mass is 9.99. The highest BCUT2D eigenvalue weighted by Crippen LogP contribution is 2.23. The normalized spacial score (nSPS) is 22.2. The van der Waals surface area contributed by atoms with Gasteiger partial charge in [-0.1, -0.05) is 160 Å². The molecule has 7 unspecified atom stereocenters. The van der Waals surface area contributed by atoms with Gasteiger partial charge in [-0.3, -0.25) is 4.79 Å². The second-order valence-electron chi connectivity index (χ2n) is 14.8. The molecule has 0 aromatic rings. The van der Waals surface area contributed by atoms with E-state index >= 15 is 0 Å².